The van der Waals surface area contributed by atoms with Crippen molar-refractivity contribution in [3.05, 3.63) is 51.5 Å². The van der Waals surface area contributed by atoms with E-state index in [0.29, 0.717) is 35.5 Å². The van der Waals surface area contributed by atoms with Gasteiger partial charge in [-0.1, -0.05) is 26.3 Å². The number of halogens is 1. The molecule has 2 rings (SSSR count). The average Bonchev–Trinajstić information content (AvgIpc) is 2.75. The molecule has 182 valence electrons. The van der Waals surface area contributed by atoms with E-state index in [2.05, 4.69) is 15.9 Å². The normalized spacial score (nSPS) is 12.5. The van der Waals surface area contributed by atoms with Gasteiger partial charge in [0, 0.05) is 20.7 Å². The summed E-state index contributed by atoms with van der Waals surface area (Å²) in [6.07, 6.45) is 1.30. The second kappa shape index (κ2) is 15.2. The number of hydrogen-bond acceptors (Lipinski definition) is 6. The maximum atomic E-state index is 11.7. The number of carboxylic acids is 1. The van der Waals surface area contributed by atoms with Crippen LogP contribution in [0.5, 0.6) is 11.5 Å². The van der Waals surface area contributed by atoms with Gasteiger partial charge in [0.05, 0.1) is 24.7 Å². The molecule has 34 heavy (non-hydrogen) atoms. The van der Waals surface area contributed by atoms with Crippen molar-refractivity contribution in [2.75, 3.05) is 12.4 Å². The van der Waals surface area contributed by atoms with Crippen LogP contribution in [0.25, 0.3) is 0 Å². The zero-order chi connectivity index (χ0) is 24.5. The molecule has 0 saturated carbocycles. The molecule has 0 heterocycles. The fourth-order valence-electron chi connectivity index (χ4n) is 3.49. The Morgan fingerprint density at radius 1 is 1.21 bits per heavy atom. The van der Waals surface area contributed by atoms with Gasteiger partial charge in [0.15, 0.2) is 5.78 Å². The van der Waals surface area contributed by atoms with Crippen LogP contribution >= 0.6 is 27.7 Å². The molecule has 0 aliphatic carbocycles. The summed E-state index contributed by atoms with van der Waals surface area (Å²) in [6.45, 7) is 5.64. The summed E-state index contributed by atoms with van der Waals surface area (Å²) >= 11 is 5.19. The Bertz CT molecular complexity index is 984. The van der Waals surface area contributed by atoms with Crippen LogP contribution in [-0.2, 0) is 11.2 Å². The number of carbonyl (C=O) groups excluding carboxylic acids is 1. The summed E-state index contributed by atoms with van der Waals surface area (Å²) in [5, 5.41) is 29.7. The van der Waals surface area contributed by atoms with Crippen LogP contribution in [0.2, 0.25) is 0 Å². The molecule has 2 atom stereocenters. The number of Topliss-reactive ketones (excluding diaryl/α,β-unsaturated/α-hetero) is 1. The Labute approximate surface area is 235 Å². The SMILES string of the molecule is CCCc1c(OCCCSc2ccc(C(O)C(C)CC(=O)O)cc2Br)ccc(C(C)=O)c1O.[NaH]. The van der Waals surface area contributed by atoms with Crippen LogP contribution in [-0.4, -0.2) is 69.0 Å². The van der Waals surface area contributed by atoms with Crippen molar-refractivity contribution in [2.45, 2.75) is 57.5 Å². The van der Waals surface area contributed by atoms with Gasteiger partial charge in [-0.3, -0.25) is 9.59 Å². The molecule has 2 aromatic rings. The summed E-state index contributed by atoms with van der Waals surface area (Å²) in [6, 6.07) is 8.92. The van der Waals surface area contributed by atoms with Crippen LogP contribution in [0.1, 0.15) is 67.6 Å². The average molecular weight is 563 g/mol. The van der Waals surface area contributed by atoms with Gasteiger partial charge in [0.2, 0.25) is 0 Å². The van der Waals surface area contributed by atoms with Gasteiger partial charge < -0.3 is 20.1 Å². The number of phenolic OH excluding ortho intramolecular Hbond substituents is 1. The Balaban J connectivity index is 0.00000578. The number of benzene rings is 2. The third kappa shape index (κ3) is 8.88. The molecule has 0 aromatic heterocycles. The fourth-order valence-corrected chi connectivity index (χ4v) is 5.07. The molecule has 0 radical (unpaired) electrons. The minimum absolute atomic E-state index is 0. The van der Waals surface area contributed by atoms with Crippen LogP contribution in [0.3, 0.4) is 0 Å². The first-order valence-electron chi connectivity index (χ1n) is 11.0. The van der Waals surface area contributed by atoms with E-state index in [1.54, 1.807) is 30.8 Å². The number of aromatic hydroxyl groups is 1. The number of aliphatic carboxylic acids is 1. The minimum atomic E-state index is -0.929. The number of ketones is 1. The molecule has 6 nitrogen and oxygen atoms in total. The number of carbonyl (C=O) groups is 2. The van der Waals surface area contributed by atoms with Crippen LogP contribution in [0.4, 0.5) is 0 Å². The number of phenols is 1. The molecule has 9 heteroatoms. The van der Waals surface area contributed by atoms with Gasteiger partial charge in [-0.25, -0.2) is 0 Å². The number of aliphatic hydroxyl groups is 1. The second-order valence-electron chi connectivity index (χ2n) is 8.00. The molecule has 0 spiro atoms. The van der Waals surface area contributed by atoms with E-state index in [1.807, 2.05) is 25.1 Å². The number of hydrogen-bond donors (Lipinski definition) is 3. The summed E-state index contributed by atoms with van der Waals surface area (Å²) in [5.41, 5.74) is 1.67. The number of rotatable bonds is 13. The first-order valence-corrected chi connectivity index (χ1v) is 12.7. The first-order chi connectivity index (χ1) is 15.6. The van der Waals surface area contributed by atoms with E-state index in [-0.39, 0.29) is 53.4 Å². The quantitative estimate of drug-likeness (QED) is 0.130. The van der Waals surface area contributed by atoms with E-state index < -0.39 is 12.1 Å². The zero-order valence-corrected chi connectivity index (χ0v) is 21.5. The third-order valence-electron chi connectivity index (χ3n) is 5.26. The Morgan fingerprint density at radius 3 is 2.50 bits per heavy atom. The standard InChI is InChI=1S/C25H31BrO6S.Na.H/c1-4-6-19-21(9-8-18(16(3)27)25(19)31)32-11-5-12-33-22-10-7-17(14-20(22)26)24(30)15(2)13-23(28)29;;/h7-10,14-15,24,30-31H,4-6,11-13H2,1-3H3,(H,28,29);;. The summed E-state index contributed by atoms with van der Waals surface area (Å²) < 4.78 is 6.75. The van der Waals surface area contributed by atoms with Crippen molar-refractivity contribution in [1.29, 1.82) is 0 Å². The second-order valence-corrected chi connectivity index (χ2v) is 10.00. The van der Waals surface area contributed by atoms with Gasteiger partial charge >= 0.3 is 35.5 Å². The Hall–Kier alpha value is -1.03. The predicted molar refractivity (Wildman–Crippen MR) is 141 cm³/mol. The molecule has 0 amide bonds. The molecule has 2 unspecified atom stereocenters. The molecule has 3 N–H and O–H groups in total. The van der Waals surface area contributed by atoms with E-state index >= 15 is 0 Å². The Kier molecular flexibility index (Phi) is 13.8. The number of thioether (sulfide) groups is 1. The van der Waals surface area contributed by atoms with Crippen molar-refractivity contribution in [3.63, 3.8) is 0 Å². The topological polar surface area (TPSA) is 104 Å². The van der Waals surface area contributed by atoms with Crippen molar-refractivity contribution in [3.8, 4) is 11.5 Å². The third-order valence-corrected chi connectivity index (χ3v) is 7.33. The molecule has 0 aliphatic heterocycles. The number of aliphatic hydroxyl groups excluding tert-OH is 1. The van der Waals surface area contributed by atoms with Gasteiger partial charge in [-0.2, -0.15) is 0 Å². The number of carboxylic acid groups (broad SMARTS) is 1. The van der Waals surface area contributed by atoms with E-state index in [9.17, 15) is 19.8 Å². The van der Waals surface area contributed by atoms with Crippen molar-refractivity contribution in [2.24, 2.45) is 5.92 Å². The molecule has 0 saturated heterocycles. The molecule has 0 aliphatic rings. The van der Waals surface area contributed by atoms with E-state index in [1.165, 1.54) is 6.92 Å². The molecule has 0 bridgehead atoms. The molecule has 2 aromatic carbocycles. The molecular weight excluding hydrogens is 531 g/mol. The van der Waals surface area contributed by atoms with Crippen molar-refractivity contribution in [1.82, 2.24) is 0 Å². The van der Waals surface area contributed by atoms with Gasteiger partial charge in [-0.15, -0.1) is 11.8 Å². The Morgan fingerprint density at radius 2 is 1.91 bits per heavy atom. The maximum absolute atomic E-state index is 11.7. The zero-order valence-electron chi connectivity index (χ0n) is 19.1. The van der Waals surface area contributed by atoms with Crippen LogP contribution in [0.15, 0.2) is 39.7 Å². The van der Waals surface area contributed by atoms with Crippen LogP contribution < -0.4 is 4.74 Å². The summed E-state index contributed by atoms with van der Waals surface area (Å²) in [7, 11) is 0. The van der Waals surface area contributed by atoms with Crippen molar-refractivity contribution < 1.29 is 29.6 Å². The summed E-state index contributed by atoms with van der Waals surface area (Å²) in [4.78, 5) is 23.6. The van der Waals surface area contributed by atoms with Crippen LogP contribution in [0, 0.1) is 5.92 Å². The molecular formula is C25H32BrNaO6S. The van der Waals surface area contributed by atoms with E-state index in [0.717, 1.165) is 28.0 Å². The van der Waals surface area contributed by atoms with Crippen molar-refractivity contribution >= 4 is 69.0 Å². The van der Waals surface area contributed by atoms with E-state index in [4.69, 9.17) is 9.84 Å². The monoisotopic (exact) mass is 562 g/mol. The molecule has 0 fully saturated rings. The predicted octanol–water partition coefficient (Wildman–Crippen LogP) is 5.37. The fraction of sp³-hybridized carbons (Fsp3) is 0.440. The first kappa shape index (κ1) is 31.0. The number of ether oxygens (including phenoxy) is 1. The van der Waals surface area contributed by atoms with Gasteiger partial charge in [0.25, 0.3) is 0 Å². The van der Waals surface area contributed by atoms with Gasteiger partial charge in [-0.05, 0) is 71.4 Å². The summed E-state index contributed by atoms with van der Waals surface area (Å²) in [5.74, 6) is -0.0579. The van der Waals surface area contributed by atoms with Gasteiger partial charge in [0.1, 0.15) is 11.5 Å².